The number of fused-ring (bicyclic) bond motifs is 1. The molecule has 6 nitrogen and oxygen atoms in total. The fourth-order valence-electron chi connectivity index (χ4n) is 4.17. The van der Waals surface area contributed by atoms with Gasteiger partial charge in [-0.05, 0) is 75.8 Å². The Morgan fingerprint density at radius 2 is 1.90 bits per heavy atom. The highest BCUT2D eigenvalue weighted by Gasteiger charge is 2.36. The van der Waals surface area contributed by atoms with Gasteiger partial charge in [-0.3, -0.25) is 14.6 Å². The zero-order chi connectivity index (χ0) is 21.3. The van der Waals surface area contributed by atoms with Crippen LogP contribution in [0.4, 0.5) is 5.69 Å². The van der Waals surface area contributed by atoms with E-state index >= 15 is 0 Å². The maximum Gasteiger partial charge on any atom is 0.238 e. The Kier molecular flexibility index (Phi) is 5.68. The second-order valence-corrected chi connectivity index (χ2v) is 8.06. The van der Waals surface area contributed by atoms with Gasteiger partial charge >= 0.3 is 0 Å². The average molecular weight is 405 g/mol. The van der Waals surface area contributed by atoms with Crippen molar-refractivity contribution >= 4 is 23.1 Å². The van der Waals surface area contributed by atoms with Crippen LogP contribution in [0.15, 0.2) is 47.5 Å². The Morgan fingerprint density at radius 1 is 1.13 bits per heavy atom. The van der Waals surface area contributed by atoms with Gasteiger partial charge in [-0.1, -0.05) is 12.1 Å². The minimum absolute atomic E-state index is 0.0221. The molecule has 1 unspecified atom stereocenters. The van der Waals surface area contributed by atoms with Crippen molar-refractivity contribution in [1.29, 1.82) is 0 Å². The molecule has 30 heavy (non-hydrogen) atoms. The summed E-state index contributed by atoms with van der Waals surface area (Å²) in [4.78, 5) is 32.4. The third-order valence-electron chi connectivity index (χ3n) is 5.94. The van der Waals surface area contributed by atoms with Gasteiger partial charge in [0.2, 0.25) is 5.91 Å². The van der Waals surface area contributed by atoms with E-state index in [1.54, 1.807) is 13.2 Å². The fraction of sp³-hybridized carbons (Fsp3) is 0.375. The number of nitrogens with zero attached hydrogens (tertiary/aromatic N) is 2. The molecule has 2 aliphatic rings. The third-order valence-corrected chi connectivity index (χ3v) is 5.94. The average Bonchev–Trinajstić information content (AvgIpc) is 3.08. The first kappa shape index (κ1) is 20.3. The molecule has 0 radical (unpaired) electrons. The lowest BCUT2D eigenvalue weighted by Gasteiger charge is -2.28. The number of likely N-dealkylation sites (tertiary alicyclic amines) is 1. The van der Waals surface area contributed by atoms with Gasteiger partial charge in [-0.2, -0.15) is 0 Å². The van der Waals surface area contributed by atoms with Gasteiger partial charge in [0.1, 0.15) is 11.7 Å². The molecule has 156 valence electrons. The van der Waals surface area contributed by atoms with Gasteiger partial charge in [0, 0.05) is 16.8 Å². The van der Waals surface area contributed by atoms with Crippen LogP contribution in [0.3, 0.4) is 0 Å². The molecular formula is C24H27N3O3. The lowest BCUT2D eigenvalue weighted by atomic mass is 9.89. The van der Waals surface area contributed by atoms with Crippen molar-refractivity contribution in [3.8, 4) is 5.75 Å². The van der Waals surface area contributed by atoms with E-state index in [0.717, 1.165) is 54.2 Å². The molecule has 0 aliphatic carbocycles. The monoisotopic (exact) mass is 405 g/mol. The number of hydrogen-bond acceptors (Lipinski definition) is 5. The summed E-state index contributed by atoms with van der Waals surface area (Å²) in [6, 6.07) is 13.2. The highest BCUT2D eigenvalue weighted by molar-refractivity contribution is 6.24. The van der Waals surface area contributed by atoms with Crippen LogP contribution in [-0.4, -0.2) is 55.6 Å². The molecule has 1 saturated heterocycles. The zero-order valence-electron chi connectivity index (χ0n) is 17.6. The summed E-state index contributed by atoms with van der Waals surface area (Å²) in [5.74, 6) is 0.0389. The zero-order valence-corrected chi connectivity index (χ0v) is 17.6. The third kappa shape index (κ3) is 4.00. The summed E-state index contributed by atoms with van der Waals surface area (Å²) in [6.45, 7) is 3.51. The van der Waals surface area contributed by atoms with Crippen LogP contribution < -0.4 is 10.1 Å². The maximum atomic E-state index is 13.1. The number of benzene rings is 2. The first-order chi connectivity index (χ1) is 14.5. The molecule has 1 amide bonds. The van der Waals surface area contributed by atoms with Crippen molar-refractivity contribution in [2.24, 2.45) is 4.99 Å². The molecule has 6 heteroatoms. The summed E-state index contributed by atoms with van der Waals surface area (Å²) < 4.78 is 5.41. The molecule has 0 bridgehead atoms. The van der Waals surface area contributed by atoms with E-state index in [4.69, 9.17) is 9.73 Å². The number of rotatable bonds is 5. The summed E-state index contributed by atoms with van der Waals surface area (Å²) in [5.41, 5.74) is 3.76. The van der Waals surface area contributed by atoms with E-state index in [-0.39, 0.29) is 17.7 Å². The van der Waals surface area contributed by atoms with Crippen molar-refractivity contribution in [3.05, 3.63) is 59.2 Å². The number of ketones is 1. The van der Waals surface area contributed by atoms with E-state index in [2.05, 4.69) is 17.3 Å². The number of carbonyl (C=O) groups excluding carboxylic acids is 2. The number of ether oxygens (including phenoxy) is 1. The standard InChI is InChI=1S/C24H27N3O3/c1-15(28)16-7-8-21-20(14-16)22(24(29)26-21)23(17-5-4-6-19(13-17)30-3)25-18-9-11-27(2)12-10-18/h4-8,13-14,18,22H,9-12H2,1-3H3,(H,26,29). The van der Waals surface area contributed by atoms with Crippen LogP contribution in [-0.2, 0) is 4.79 Å². The second kappa shape index (κ2) is 8.40. The first-order valence-corrected chi connectivity index (χ1v) is 10.3. The van der Waals surface area contributed by atoms with E-state index in [1.165, 1.54) is 6.92 Å². The van der Waals surface area contributed by atoms with Gasteiger partial charge in [0.15, 0.2) is 5.78 Å². The number of aliphatic imine (C=N–C) groups is 1. The topological polar surface area (TPSA) is 71.0 Å². The Morgan fingerprint density at radius 3 is 2.60 bits per heavy atom. The SMILES string of the molecule is COc1cccc(C(=NC2CCN(C)CC2)C2C(=O)Nc3ccc(C(C)=O)cc32)c1. The quantitative estimate of drug-likeness (QED) is 0.610. The molecule has 4 rings (SSSR count). The molecule has 2 aromatic carbocycles. The highest BCUT2D eigenvalue weighted by Crippen LogP contribution is 2.37. The normalized spacial score (nSPS) is 20.0. The molecular weight excluding hydrogens is 378 g/mol. The minimum atomic E-state index is -0.550. The predicted molar refractivity (Wildman–Crippen MR) is 118 cm³/mol. The number of hydrogen-bond donors (Lipinski definition) is 1. The molecule has 2 heterocycles. The van der Waals surface area contributed by atoms with Gasteiger partial charge in [0.05, 0.1) is 18.9 Å². The van der Waals surface area contributed by atoms with E-state index in [1.807, 2.05) is 36.4 Å². The van der Waals surface area contributed by atoms with E-state index in [9.17, 15) is 9.59 Å². The van der Waals surface area contributed by atoms with Crippen LogP contribution in [0.5, 0.6) is 5.75 Å². The molecule has 0 aromatic heterocycles. The second-order valence-electron chi connectivity index (χ2n) is 8.06. The van der Waals surface area contributed by atoms with Crippen LogP contribution in [0.2, 0.25) is 0 Å². The number of piperidine rings is 1. The number of amides is 1. The van der Waals surface area contributed by atoms with Crippen molar-refractivity contribution < 1.29 is 14.3 Å². The van der Waals surface area contributed by atoms with Crippen molar-refractivity contribution in [3.63, 3.8) is 0 Å². The van der Waals surface area contributed by atoms with Crippen molar-refractivity contribution in [2.75, 3.05) is 32.6 Å². The summed E-state index contributed by atoms with van der Waals surface area (Å²) in [7, 11) is 3.75. The highest BCUT2D eigenvalue weighted by atomic mass is 16.5. The van der Waals surface area contributed by atoms with E-state index < -0.39 is 5.92 Å². The molecule has 2 aromatic rings. The molecule has 1 N–H and O–H groups in total. The van der Waals surface area contributed by atoms with Gasteiger partial charge in [-0.25, -0.2) is 0 Å². The van der Waals surface area contributed by atoms with Crippen LogP contribution in [0.25, 0.3) is 0 Å². The molecule has 0 spiro atoms. The first-order valence-electron chi connectivity index (χ1n) is 10.3. The summed E-state index contributed by atoms with van der Waals surface area (Å²) in [6.07, 6.45) is 1.91. The number of methoxy groups -OCH3 is 1. The van der Waals surface area contributed by atoms with Crippen LogP contribution in [0.1, 0.15) is 47.2 Å². The largest absolute Gasteiger partial charge is 0.497 e. The van der Waals surface area contributed by atoms with Crippen molar-refractivity contribution in [1.82, 2.24) is 4.90 Å². The number of nitrogens with one attached hydrogen (secondary N) is 1. The Balaban J connectivity index is 1.81. The Labute approximate surface area is 176 Å². The molecule has 1 fully saturated rings. The number of anilines is 1. The van der Waals surface area contributed by atoms with Crippen LogP contribution in [0, 0.1) is 0 Å². The molecule has 0 saturated carbocycles. The van der Waals surface area contributed by atoms with Crippen LogP contribution >= 0.6 is 0 Å². The predicted octanol–water partition coefficient (Wildman–Crippen LogP) is 3.52. The smallest absolute Gasteiger partial charge is 0.238 e. The van der Waals surface area contributed by atoms with Crippen molar-refractivity contribution in [2.45, 2.75) is 31.7 Å². The fourth-order valence-corrected chi connectivity index (χ4v) is 4.17. The number of carbonyl (C=O) groups is 2. The molecule has 2 aliphatic heterocycles. The van der Waals surface area contributed by atoms with Gasteiger partial charge < -0.3 is 15.0 Å². The Bertz CT molecular complexity index is 1010. The summed E-state index contributed by atoms with van der Waals surface area (Å²) >= 11 is 0. The van der Waals surface area contributed by atoms with Gasteiger partial charge in [-0.15, -0.1) is 0 Å². The lowest BCUT2D eigenvalue weighted by molar-refractivity contribution is -0.115. The summed E-state index contributed by atoms with van der Waals surface area (Å²) in [5, 5.41) is 2.97. The molecule has 1 atom stereocenters. The van der Waals surface area contributed by atoms with E-state index in [0.29, 0.717) is 5.56 Å². The minimum Gasteiger partial charge on any atom is -0.497 e. The van der Waals surface area contributed by atoms with Gasteiger partial charge in [0.25, 0.3) is 0 Å². The lowest BCUT2D eigenvalue weighted by Crippen LogP contribution is -2.33. The number of Topliss-reactive ketones (excluding diaryl/α,β-unsaturated/α-hetero) is 1. The Hall–Kier alpha value is -2.99. The maximum absolute atomic E-state index is 13.1.